The van der Waals surface area contributed by atoms with Gasteiger partial charge in [0.15, 0.2) is 0 Å². The van der Waals surface area contributed by atoms with E-state index in [0.29, 0.717) is 11.3 Å². The van der Waals surface area contributed by atoms with Crippen LogP contribution in [0.25, 0.3) is 0 Å². The van der Waals surface area contributed by atoms with Gasteiger partial charge in [0.2, 0.25) is 11.8 Å². The summed E-state index contributed by atoms with van der Waals surface area (Å²) in [6.07, 6.45) is 1.12. The molecular formula is C12H10N6O2. The van der Waals surface area contributed by atoms with Gasteiger partial charge in [-0.2, -0.15) is 10.2 Å². The molecule has 2 aromatic rings. The predicted octanol–water partition coefficient (Wildman–Crippen LogP) is 2.04. The first-order chi connectivity index (χ1) is 9.63. The average Bonchev–Trinajstić information content (AvgIpc) is 2.47. The van der Waals surface area contributed by atoms with Crippen molar-refractivity contribution >= 4 is 23.1 Å². The summed E-state index contributed by atoms with van der Waals surface area (Å²) in [6.45, 7) is 0. The lowest BCUT2D eigenvalue weighted by Crippen LogP contribution is -2.04. The molecule has 0 atom stereocenters. The molecule has 1 aromatic heterocycles. The lowest BCUT2D eigenvalue weighted by molar-refractivity contribution is -0.384. The van der Waals surface area contributed by atoms with Gasteiger partial charge in [-0.1, -0.05) is 6.07 Å². The maximum absolute atomic E-state index is 10.8. The lowest BCUT2D eigenvalue weighted by atomic mass is 10.2. The minimum Gasteiger partial charge on any atom is -0.367 e. The van der Waals surface area contributed by atoms with Crippen LogP contribution in [0, 0.1) is 21.4 Å². The van der Waals surface area contributed by atoms with E-state index in [9.17, 15) is 10.1 Å². The van der Waals surface area contributed by atoms with E-state index in [1.54, 1.807) is 24.3 Å². The van der Waals surface area contributed by atoms with Gasteiger partial charge in [-0.05, 0) is 18.2 Å². The van der Waals surface area contributed by atoms with Crippen molar-refractivity contribution in [3.05, 3.63) is 46.1 Å². The number of nitrogens with zero attached hydrogens (tertiary/aromatic N) is 4. The fourth-order valence-electron chi connectivity index (χ4n) is 1.55. The number of hydrogen-bond donors (Lipinski definition) is 2. The highest BCUT2D eigenvalue weighted by atomic mass is 16.6. The minimum absolute atomic E-state index is 0.115. The minimum atomic E-state index is -0.564. The molecule has 0 aliphatic heterocycles. The van der Waals surface area contributed by atoms with Crippen molar-refractivity contribution in [3.63, 3.8) is 0 Å². The van der Waals surface area contributed by atoms with Gasteiger partial charge in [0.05, 0.1) is 16.6 Å². The first kappa shape index (κ1) is 13.2. The summed E-state index contributed by atoms with van der Waals surface area (Å²) in [5, 5.41) is 25.1. The van der Waals surface area contributed by atoms with Crippen molar-refractivity contribution in [2.75, 3.05) is 17.7 Å². The second kappa shape index (κ2) is 5.62. The van der Waals surface area contributed by atoms with E-state index in [2.05, 4.69) is 20.6 Å². The molecule has 0 amide bonds. The zero-order chi connectivity index (χ0) is 14.5. The lowest BCUT2D eigenvalue weighted by Gasteiger charge is -2.06. The van der Waals surface area contributed by atoms with Gasteiger partial charge in [-0.25, -0.2) is 4.98 Å². The summed E-state index contributed by atoms with van der Waals surface area (Å²) in [6, 6.07) is 8.77. The fourth-order valence-corrected chi connectivity index (χ4v) is 1.55. The van der Waals surface area contributed by atoms with Crippen LogP contribution in [-0.4, -0.2) is 21.9 Å². The average molecular weight is 270 g/mol. The Morgan fingerprint density at radius 2 is 2.25 bits per heavy atom. The van der Waals surface area contributed by atoms with E-state index in [4.69, 9.17) is 5.26 Å². The third kappa shape index (κ3) is 2.78. The fraction of sp³-hybridized carbons (Fsp3) is 0.0833. The normalized spacial score (nSPS) is 9.60. The molecule has 0 saturated carbocycles. The Morgan fingerprint density at radius 3 is 2.90 bits per heavy atom. The van der Waals surface area contributed by atoms with Crippen molar-refractivity contribution in [3.8, 4) is 6.07 Å². The summed E-state index contributed by atoms with van der Waals surface area (Å²) in [4.78, 5) is 18.1. The summed E-state index contributed by atoms with van der Waals surface area (Å²) in [7, 11) is 1.54. The van der Waals surface area contributed by atoms with Crippen LogP contribution >= 0.6 is 0 Å². The van der Waals surface area contributed by atoms with Gasteiger partial charge in [0, 0.05) is 12.7 Å². The maximum atomic E-state index is 10.8. The maximum Gasteiger partial charge on any atom is 0.329 e. The van der Waals surface area contributed by atoms with Crippen LogP contribution in [0.15, 0.2) is 30.5 Å². The number of hydrogen-bond acceptors (Lipinski definition) is 7. The highest BCUT2D eigenvalue weighted by Crippen LogP contribution is 2.23. The molecule has 0 fully saturated rings. The van der Waals surface area contributed by atoms with Crippen molar-refractivity contribution in [1.82, 2.24) is 9.97 Å². The van der Waals surface area contributed by atoms with E-state index in [0.717, 1.165) is 6.20 Å². The second-order valence-corrected chi connectivity index (χ2v) is 3.75. The number of nitrogens with one attached hydrogen (secondary N) is 2. The van der Waals surface area contributed by atoms with Gasteiger partial charge in [0.25, 0.3) is 0 Å². The Labute approximate surface area is 114 Å². The Kier molecular flexibility index (Phi) is 3.72. The van der Waals surface area contributed by atoms with Gasteiger partial charge in [-0.3, -0.25) is 10.1 Å². The van der Waals surface area contributed by atoms with E-state index in [1.807, 2.05) is 6.07 Å². The molecule has 20 heavy (non-hydrogen) atoms. The third-order valence-corrected chi connectivity index (χ3v) is 2.45. The molecule has 0 unspecified atom stereocenters. The highest BCUT2D eigenvalue weighted by molar-refractivity contribution is 5.61. The van der Waals surface area contributed by atoms with Crippen LogP contribution in [0.3, 0.4) is 0 Å². The molecule has 0 spiro atoms. The molecular weight excluding hydrogens is 260 g/mol. The molecule has 0 radical (unpaired) electrons. The van der Waals surface area contributed by atoms with Crippen LogP contribution in [0.2, 0.25) is 0 Å². The molecule has 2 N–H and O–H groups in total. The van der Waals surface area contributed by atoms with Gasteiger partial charge >= 0.3 is 5.69 Å². The quantitative estimate of drug-likeness (QED) is 0.644. The van der Waals surface area contributed by atoms with Crippen LogP contribution in [-0.2, 0) is 0 Å². The molecule has 0 aliphatic carbocycles. The van der Waals surface area contributed by atoms with Crippen LogP contribution < -0.4 is 10.6 Å². The predicted molar refractivity (Wildman–Crippen MR) is 72.7 cm³/mol. The number of nitro groups is 1. The number of nitriles is 1. The molecule has 2 rings (SSSR count). The molecule has 8 heteroatoms. The van der Waals surface area contributed by atoms with E-state index in [-0.39, 0.29) is 17.5 Å². The molecule has 8 nitrogen and oxygen atoms in total. The SMILES string of the molecule is CNc1nc(Nc2cccc(C#N)c2)ncc1[N+](=O)[O-]. The van der Waals surface area contributed by atoms with Gasteiger partial charge in [-0.15, -0.1) is 0 Å². The summed E-state index contributed by atoms with van der Waals surface area (Å²) in [5.74, 6) is 0.318. The molecule has 0 saturated heterocycles. The monoisotopic (exact) mass is 270 g/mol. The number of benzene rings is 1. The Hall–Kier alpha value is -3.21. The number of rotatable bonds is 4. The largest absolute Gasteiger partial charge is 0.367 e. The Morgan fingerprint density at radius 1 is 1.45 bits per heavy atom. The van der Waals surface area contributed by atoms with Gasteiger partial charge in [0.1, 0.15) is 6.20 Å². The topological polar surface area (TPSA) is 117 Å². The third-order valence-electron chi connectivity index (χ3n) is 2.45. The van der Waals surface area contributed by atoms with Gasteiger partial charge < -0.3 is 10.6 Å². The van der Waals surface area contributed by atoms with Crippen LogP contribution in [0.1, 0.15) is 5.56 Å². The first-order valence-corrected chi connectivity index (χ1v) is 5.60. The summed E-state index contributed by atoms with van der Waals surface area (Å²) >= 11 is 0. The Bertz CT molecular complexity index is 695. The molecule has 0 aliphatic rings. The second-order valence-electron chi connectivity index (χ2n) is 3.75. The summed E-state index contributed by atoms with van der Waals surface area (Å²) < 4.78 is 0. The van der Waals surface area contributed by atoms with Crippen molar-refractivity contribution in [2.45, 2.75) is 0 Å². The standard InChI is InChI=1S/C12H10N6O2/c1-14-11-10(18(19)20)7-15-12(17-11)16-9-4-2-3-8(5-9)6-13/h2-5,7H,1H3,(H2,14,15,16,17). The van der Waals surface area contributed by atoms with Crippen molar-refractivity contribution in [2.24, 2.45) is 0 Å². The molecule has 1 heterocycles. The van der Waals surface area contributed by atoms with E-state index in [1.165, 1.54) is 7.05 Å². The Balaban J connectivity index is 2.30. The summed E-state index contributed by atoms with van der Waals surface area (Å²) in [5.41, 5.74) is 0.912. The van der Waals surface area contributed by atoms with Crippen molar-refractivity contribution < 1.29 is 4.92 Å². The van der Waals surface area contributed by atoms with E-state index >= 15 is 0 Å². The highest BCUT2D eigenvalue weighted by Gasteiger charge is 2.15. The molecule has 100 valence electrons. The van der Waals surface area contributed by atoms with Crippen LogP contribution in [0.4, 0.5) is 23.1 Å². The van der Waals surface area contributed by atoms with E-state index < -0.39 is 4.92 Å². The van der Waals surface area contributed by atoms with Crippen LogP contribution in [0.5, 0.6) is 0 Å². The number of anilines is 3. The number of aromatic nitrogens is 2. The zero-order valence-corrected chi connectivity index (χ0v) is 10.5. The zero-order valence-electron chi connectivity index (χ0n) is 10.5. The van der Waals surface area contributed by atoms with Crippen molar-refractivity contribution in [1.29, 1.82) is 5.26 Å². The molecule has 1 aromatic carbocycles. The smallest absolute Gasteiger partial charge is 0.329 e. The molecule has 0 bridgehead atoms. The first-order valence-electron chi connectivity index (χ1n) is 5.60.